The number of ether oxygens (including phenoxy) is 1. The molecule has 1 atom stereocenters. The topological polar surface area (TPSA) is 82.4 Å². The summed E-state index contributed by atoms with van der Waals surface area (Å²) in [4.78, 5) is 32.0. The summed E-state index contributed by atoms with van der Waals surface area (Å²) < 4.78 is 5.34. The summed E-state index contributed by atoms with van der Waals surface area (Å²) in [6, 6.07) is 7.34. The highest BCUT2D eigenvalue weighted by Gasteiger charge is 2.33. The van der Waals surface area contributed by atoms with Crippen LogP contribution in [0.5, 0.6) is 5.75 Å². The quantitative estimate of drug-likeness (QED) is 0.872. The second kappa shape index (κ2) is 8.21. The Bertz CT molecular complexity index is 704. The van der Waals surface area contributed by atoms with E-state index in [1.165, 1.54) is 4.90 Å². The summed E-state index contributed by atoms with van der Waals surface area (Å²) in [6.07, 6.45) is 1.96. The Morgan fingerprint density at radius 3 is 2.81 bits per heavy atom. The number of carbonyl (C=O) groups excluding carboxylic acids is 1. The minimum Gasteiger partial charge on any atom is -0.496 e. The van der Waals surface area contributed by atoms with Crippen molar-refractivity contribution in [2.75, 3.05) is 33.3 Å². The number of carbonyl (C=O) groups is 2. The third-order valence-electron chi connectivity index (χ3n) is 5.04. The molecule has 26 heavy (non-hydrogen) atoms. The van der Waals surface area contributed by atoms with Crippen molar-refractivity contribution in [3.63, 3.8) is 0 Å². The second-order valence-corrected chi connectivity index (χ2v) is 6.71. The van der Waals surface area contributed by atoms with Gasteiger partial charge in [0.2, 0.25) is 5.91 Å². The smallest absolute Gasteiger partial charge is 0.407 e. The van der Waals surface area contributed by atoms with Crippen LogP contribution >= 0.6 is 0 Å². The van der Waals surface area contributed by atoms with Crippen molar-refractivity contribution >= 4 is 17.7 Å². The molecule has 0 spiro atoms. The Morgan fingerprint density at radius 1 is 1.31 bits per heavy atom. The number of rotatable bonds is 5. The zero-order chi connectivity index (χ0) is 18.5. The van der Waals surface area contributed by atoms with Crippen molar-refractivity contribution in [2.45, 2.75) is 31.7 Å². The number of methoxy groups -OCH3 is 1. The average molecular weight is 359 g/mol. The largest absolute Gasteiger partial charge is 0.496 e. The van der Waals surface area contributed by atoms with Crippen molar-refractivity contribution < 1.29 is 19.4 Å². The molecule has 7 heteroatoms. The molecule has 1 fully saturated rings. The number of para-hydroxylation sites is 1. The van der Waals surface area contributed by atoms with Crippen LogP contribution in [-0.4, -0.2) is 71.9 Å². The van der Waals surface area contributed by atoms with Crippen LogP contribution in [-0.2, 0) is 11.2 Å². The fourth-order valence-electron chi connectivity index (χ4n) is 3.68. The predicted molar refractivity (Wildman–Crippen MR) is 97.9 cm³/mol. The molecule has 2 aliphatic rings. The molecule has 1 saturated heterocycles. The Morgan fingerprint density at radius 2 is 2.12 bits per heavy atom. The van der Waals surface area contributed by atoms with Gasteiger partial charge in [-0.15, -0.1) is 0 Å². The first-order valence-corrected chi connectivity index (χ1v) is 9.00. The molecule has 7 nitrogen and oxygen atoms in total. The zero-order valence-corrected chi connectivity index (χ0v) is 15.1. The molecule has 1 aromatic carbocycles. The van der Waals surface area contributed by atoms with Gasteiger partial charge in [-0.2, -0.15) is 0 Å². The minimum atomic E-state index is -0.930. The second-order valence-electron chi connectivity index (χ2n) is 6.71. The highest BCUT2D eigenvalue weighted by atomic mass is 16.5. The highest BCUT2D eigenvalue weighted by Crippen LogP contribution is 2.22. The number of nitrogens with zero attached hydrogens (tertiary/aromatic N) is 3. The van der Waals surface area contributed by atoms with Gasteiger partial charge in [0.15, 0.2) is 0 Å². The van der Waals surface area contributed by atoms with E-state index < -0.39 is 6.09 Å². The highest BCUT2D eigenvalue weighted by molar-refractivity contribution is 5.87. The first kappa shape index (κ1) is 18.2. The third kappa shape index (κ3) is 4.15. The van der Waals surface area contributed by atoms with Crippen LogP contribution in [0.4, 0.5) is 4.79 Å². The van der Waals surface area contributed by atoms with E-state index in [2.05, 4.69) is 4.99 Å². The molecular weight excluding hydrogens is 334 g/mol. The zero-order valence-electron chi connectivity index (χ0n) is 15.1. The lowest BCUT2D eigenvalue weighted by atomic mass is 10.0. The molecule has 0 radical (unpaired) electrons. The maximum atomic E-state index is 13.0. The molecule has 2 aliphatic heterocycles. The van der Waals surface area contributed by atoms with Crippen molar-refractivity contribution in [2.24, 2.45) is 4.99 Å². The molecule has 2 heterocycles. The Balaban J connectivity index is 1.74. The fraction of sp³-hybridized carbons (Fsp3) is 0.526. The van der Waals surface area contributed by atoms with E-state index in [0.29, 0.717) is 31.8 Å². The van der Waals surface area contributed by atoms with Gasteiger partial charge in [0.25, 0.3) is 0 Å². The van der Waals surface area contributed by atoms with Gasteiger partial charge < -0.3 is 19.6 Å². The van der Waals surface area contributed by atoms with Gasteiger partial charge in [0, 0.05) is 43.9 Å². The number of carboxylic acid groups (broad SMARTS) is 1. The number of benzene rings is 1. The number of hydrogen-bond donors (Lipinski definition) is 1. The first-order valence-electron chi connectivity index (χ1n) is 9.00. The van der Waals surface area contributed by atoms with Crippen molar-refractivity contribution in [3.8, 4) is 5.75 Å². The lowest BCUT2D eigenvalue weighted by Crippen LogP contribution is -2.57. The first-order chi connectivity index (χ1) is 12.6. The summed E-state index contributed by atoms with van der Waals surface area (Å²) in [6.45, 7) is 1.93. The van der Waals surface area contributed by atoms with Crippen LogP contribution in [0.1, 0.15) is 24.8 Å². The number of amides is 2. The van der Waals surface area contributed by atoms with Crippen molar-refractivity contribution in [1.82, 2.24) is 9.80 Å². The SMILES string of the molecule is COc1ccccc1CC(=O)N1CCN(C(=O)O)CC1CC1=NCCC1. The van der Waals surface area contributed by atoms with Gasteiger partial charge in [-0.25, -0.2) is 4.79 Å². The van der Waals surface area contributed by atoms with Crippen LogP contribution in [0.25, 0.3) is 0 Å². The summed E-state index contributed by atoms with van der Waals surface area (Å²) >= 11 is 0. The normalized spacial score (nSPS) is 20.0. The van der Waals surface area contributed by atoms with Crippen molar-refractivity contribution in [1.29, 1.82) is 0 Å². The summed E-state index contributed by atoms with van der Waals surface area (Å²) in [5, 5.41) is 9.32. The third-order valence-corrected chi connectivity index (χ3v) is 5.04. The van der Waals surface area contributed by atoms with Crippen molar-refractivity contribution in [3.05, 3.63) is 29.8 Å². The molecule has 1 unspecified atom stereocenters. The molecule has 2 amide bonds. The number of aliphatic imine (C=N–C) groups is 1. The average Bonchev–Trinajstić information content (AvgIpc) is 3.15. The minimum absolute atomic E-state index is 0.00290. The molecule has 0 aromatic heterocycles. The molecular formula is C19H25N3O4. The Kier molecular flexibility index (Phi) is 5.75. The monoisotopic (exact) mass is 359 g/mol. The maximum Gasteiger partial charge on any atom is 0.407 e. The summed E-state index contributed by atoms with van der Waals surface area (Å²) in [7, 11) is 1.59. The lowest BCUT2D eigenvalue weighted by Gasteiger charge is -2.40. The summed E-state index contributed by atoms with van der Waals surface area (Å²) in [5.74, 6) is 0.699. The van der Waals surface area contributed by atoms with Crippen LogP contribution in [0.15, 0.2) is 29.3 Å². The van der Waals surface area contributed by atoms with Gasteiger partial charge in [-0.05, 0) is 18.9 Å². The molecule has 0 aliphatic carbocycles. The van der Waals surface area contributed by atoms with Gasteiger partial charge >= 0.3 is 6.09 Å². The molecule has 0 bridgehead atoms. The van der Waals surface area contributed by atoms with Crippen LogP contribution in [0.2, 0.25) is 0 Å². The number of piperazine rings is 1. The Hall–Kier alpha value is -2.57. The lowest BCUT2D eigenvalue weighted by molar-refractivity contribution is -0.134. The van der Waals surface area contributed by atoms with Gasteiger partial charge in [-0.3, -0.25) is 9.79 Å². The van der Waals surface area contributed by atoms with Gasteiger partial charge in [0.05, 0.1) is 19.6 Å². The standard InChI is InChI=1S/C19H25N3O4/c1-26-17-7-3-2-5-14(17)11-18(23)22-10-9-21(19(24)25)13-16(22)12-15-6-4-8-20-15/h2-3,5,7,16H,4,6,8-13H2,1H3,(H,24,25). The molecule has 1 N–H and O–H groups in total. The van der Waals surface area contributed by atoms with E-state index in [-0.39, 0.29) is 18.4 Å². The molecule has 0 saturated carbocycles. The Labute approximate surface area is 153 Å². The fourth-order valence-corrected chi connectivity index (χ4v) is 3.68. The van der Waals surface area contributed by atoms with Gasteiger partial charge in [0.1, 0.15) is 5.75 Å². The molecule has 140 valence electrons. The summed E-state index contributed by atoms with van der Waals surface area (Å²) in [5.41, 5.74) is 1.94. The van der Waals surface area contributed by atoms with E-state index in [9.17, 15) is 14.7 Å². The number of hydrogen-bond acceptors (Lipinski definition) is 4. The van der Waals surface area contributed by atoms with E-state index in [4.69, 9.17) is 4.74 Å². The van der Waals surface area contributed by atoms with Crippen LogP contribution in [0, 0.1) is 0 Å². The maximum absolute atomic E-state index is 13.0. The van der Waals surface area contributed by atoms with E-state index in [1.54, 1.807) is 7.11 Å². The van der Waals surface area contributed by atoms with Gasteiger partial charge in [-0.1, -0.05) is 18.2 Å². The van der Waals surface area contributed by atoms with E-state index in [1.807, 2.05) is 29.2 Å². The van der Waals surface area contributed by atoms with Crippen LogP contribution in [0.3, 0.4) is 0 Å². The molecule has 3 rings (SSSR count). The van der Waals surface area contributed by atoms with E-state index in [0.717, 1.165) is 30.7 Å². The predicted octanol–water partition coefficient (Wildman–Crippen LogP) is 2.05. The van der Waals surface area contributed by atoms with Crippen LogP contribution < -0.4 is 4.74 Å². The molecule has 1 aromatic rings. The van der Waals surface area contributed by atoms with E-state index >= 15 is 0 Å².